The molecule has 1 aliphatic carbocycles. The first-order valence-corrected chi connectivity index (χ1v) is 9.39. The summed E-state index contributed by atoms with van der Waals surface area (Å²) in [4.78, 5) is 28.3. The van der Waals surface area contributed by atoms with Crippen LogP contribution >= 0.6 is 11.3 Å². The van der Waals surface area contributed by atoms with Gasteiger partial charge in [-0.15, -0.1) is 11.3 Å². The van der Waals surface area contributed by atoms with E-state index in [9.17, 15) is 9.59 Å². The Balaban J connectivity index is 1.50. The summed E-state index contributed by atoms with van der Waals surface area (Å²) >= 11 is 1.54. The fourth-order valence-electron chi connectivity index (χ4n) is 3.36. The zero-order valence-corrected chi connectivity index (χ0v) is 14.5. The number of hydrogen-bond acceptors (Lipinski definition) is 5. The van der Waals surface area contributed by atoms with E-state index in [0.29, 0.717) is 30.9 Å². The van der Waals surface area contributed by atoms with E-state index in [1.54, 1.807) is 16.8 Å². The number of thiazole rings is 1. The van der Waals surface area contributed by atoms with Crippen LogP contribution in [0.5, 0.6) is 0 Å². The van der Waals surface area contributed by atoms with Crippen molar-refractivity contribution in [3.8, 4) is 0 Å². The Morgan fingerprint density at radius 2 is 2.04 bits per heavy atom. The van der Waals surface area contributed by atoms with Crippen molar-refractivity contribution in [1.29, 1.82) is 0 Å². The summed E-state index contributed by atoms with van der Waals surface area (Å²) in [6, 6.07) is 5.82. The number of amides is 1. The van der Waals surface area contributed by atoms with E-state index in [2.05, 4.69) is 10.3 Å². The van der Waals surface area contributed by atoms with Crippen molar-refractivity contribution in [2.24, 2.45) is 11.7 Å². The van der Waals surface area contributed by atoms with E-state index in [1.807, 2.05) is 18.2 Å². The first-order chi connectivity index (χ1) is 11.7. The SMILES string of the molecule is NCCC(=O)CC1CCC(NC(=O)c2ccc3ncsc3c2)CC1. The van der Waals surface area contributed by atoms with Crippen LogP contribution in [0.1, 0.15) is 48.9 Å². The molecule has 0 aliphatic heterocycles. The van der Waals surface area contributed by atoms with Crippen LogP contribution < -0.4 is 11.1 Å². The van der Waals surface area contributed by atoms with E-state index in [-0.39, 0.29) is 17.7 Å². The molecule has 0 radical (unpaired) electrons. The minimum Gasteiger partial charge on any atom is -0.349 e. The summed E-state index contributed by atoms with van der Waals surface area (Å²) in [6.07, 6.45) is 4.99. The van der Waals surface area contributed by atoms with Crippen molar-refractivity contribution in [3.05, 3.63) is 29.3 Å². The van der Waals surface area contributed by atoms with Gasteiger partial charge in [0.15, 0.2) is 0 Å². The average Bonchev–Trinajstić information content (AvgIpc) is 3.04. The third kappa shape index (κ3) is 4.19. The highest BCUT2D eigenvalue weighted by Gasteiger charge is 2.24. The van der Waals surface area contributed by atoms with Gasteiger partial charge in [0.2, 0.25) is 0 Å². The summed E-state index contributed by atoms with van der Waals surface area (Å²) < 4.78 is 1.03. The number of fused-ring (bicyclic) bond motifs is 1. The van der Waals surface area contributed by atoms with Gasteiger partial charge >= 0.3 is 0 Å². The maximum Gasteiger partial charge on any atom is 0.251 e. The summed E-state index contributed by atoms with van der Waals surface area (Å²) in [6.45, 7) is 0.439. The predicted octanol–water partition coefficient (Wildman–Crippen LogP) is 2.89. The molecule has 3 N–H and O–H groups in total. The molecule has 0 atom stereocenters. The van der Waals surface area contributed by atoms with Crippen LogP contribution in [0.4, 0.5) is 0 Å². The lowest BCUT2D eigenvalue weighted by atomic mass is 9.82. The maximum atomic E-state index is 12.4. The number of nitrogens with one attached hydrogen (secondary N) is 1. The second-order valence-electron chi connectivity index (χ2n) is 6.51. The third-order valence-corrected chi connectivity index (χ3v) is 5.51. The van der Waals surface area contributed by atoms with Crippen molar-refractivity contribution in [2.45, 2.75) is 44.6 Å². The Bertz CT molecular complexity index is 720. The van der Waals surface area contributed by atoms with E-state index in [4.69, 9.17) is 5.73 Å². The Hall–Kier alpha value is -1.79. The van der Waals surface area contributed by atoms with Crippen molar-refractivity contribution in [3.63, 3.8) is 0 Å². The molecule has 0 spiro atoms. The normalized spacial score (nSPS) is 20.9. The second-order valence-corrected chi connectivity index (χ2v) is 7.39. The number of carbonyl (C=O) groups is 2. The standard InChI is InChI=1S/C18H23N3O2S/c19-8-7-15(22)9-12-1-4-14(5-2-12)21-18(23)13-3-6-16-17(10-13)24-11-20-16/h3,6,10-12,14H,1-2,4-5,7-9,19H2,(H,21,23). The highest BCUT2D eigenvalue weighted by molar-refractivity contribution is 7.16. The lowest BCUT2D eigenvalue weighted by Crippen LogP contribution is -2.37. The Morgan fingerprint density at radius 1 is 1.25 bits per heavy atom. The van der Waals surface area contributed by atoms with Crippen LogP contribution in [0.15, 0.2) is 23.7 Å². The summed E-state index contributed by atoms with van der Waals surface area (Å²) in [7, 11) is 0. The maximum absolute atomic E-state index is 12.4. The van der Waals surface area contributed by atoms with Gasteiger partial charge < -0.3 is 11.1 Å². The molecule has 24 heavy (non-hydrogen) atoms. The van der Waals surface area contributed by atoms with Gasteiger partial charge in [-0.3, -0.25) is 9.59 Å². The van der Waals surface area contributed by atoms with Gasteiger partial charge in [-0.25, -0.2) is 4.98 Å². The molecule has 0 unspecified atom stereocenters. The number of carbonyl (C=O) groups excluding carboxylic acids is 2. The quantitative estimate of drug-likeness (QED) is 0.843. The van der Waals surface area contributed by atoms with Crippen molar-refractivity contribution >= 4 is 33.2 Å². The van der Waals surface area contributed by atoms with E-state index in [0.717, 1.165) is 35.9 Å². The third-order valence-electron chi connectivity index (χ3n) is 4.71. The number of rotatable bonds is 6. The zero-order chi connectivity index (χ0) is 16.9. The molecule has 1 fully saturated rings. The lowest BCUT2D eigenvalue weighted by molar-refractivity contribution is -0.120. The Morgan fingerprint density at radius 3 is 2.79 bits per heavy atom. The van der Waals surface area contributed by atoms with Gasteiger partial charge in [-0.2, -0.15) is 0 Å². The number of nitrogens with two attached hydrogens (primary N) is 1. The van der Waals surface area contributed by atoms with Crippen molar-refractivity contribution in [1.82, 2.24) is 10.3 Å². The first-order valence-electron chi connectivity index (χ1n) is 8.51. The predicted molar refractivity (Wildman–Crippen MR) is 96.1 cm³/mol. The molecule has 1 aliphatic rings. The van der Waals surface area contributed by atoms with Crippen LogP contribution in [0.2, 0.25) is 0 Å². The van der Waals surface area contributed by atoms with Crippen LogP contribution in [-0.4, -0.2) is 29.3 Å². The smallest absolute Gasteiger partial charge is 0.251 e. The van der Waals surface area contributed by atoms with Crippen LogP contribution in [0.25, 0.3) is 10.2 Å². The summed E-state index contributed by atoms with van der Waals surface area (Å²) in [5.41, 5.74) is 8.83. The molecule has 1 aromatic heterocycles. The number of aromatic nitrogens is 1. The molecule has 128 valence electrons. The fraction of sp³-hybridized carbons (Fsp3) is 0.500. The van der Waals surface area contributed by atoms with Gasteiger partial charge in [-0.1, -0.05) is 0 Å². The van der Waals surface area contributed by atoms with E-state index in [1.165, 1.54) is 0 Å². The second kappa shape index (κ2) is 7.85. The highest BCUT2D eigenvalue weighted by atomic mass is 32.1. The average molecular weight is 345 g/mol. The molecule has 5 nitrogen and oxygen atoms in total. The highest BCUT2D eigenvalue weighted by Crippen LogP contribution is 2.28. The Labute approximate surface area is 145 Å². The zero-order valence-electron chi connectivity index (χ0n) is 13.7. The lowest BCUT2D eigenvalue weighted by Gasteiger charge is -2.28. The largest absolute Gasteiger partial charge is 0.349 e. The van der Waals surface area contributed by atoms with Crippen molar-refractivity contribution in [2.75, 3.05) is 6.54 Å². The summed E-state index contributed by atoms with van der Waals surface area (Å²) in [5, 5.41) is 3.13. The van der Waals surface area contributed by atoms with Crippen LogP contribution in [0, 0.1) is 5.92 Å². The van der Waals surface area contributed by atoms with Gasteiger partial charge in [0, 0.05) is 24.4 Å². The molecule has 0 bridgehead atoms. The molecule has 2 aromatic rings. The minimum absolute atomic E-state index is 0.0204. The first kappa shape index (κ1) is 17.0. The molecule has 1 heterocycles. The van der Waals surface area contributed by atoms with Gasteiger partial charge in [-0.05, 0) is 56.3 Å². The van der Waals surface area contributed by atoms with Crippen LogP contribution in [0.3, 0.4) is 0 Å². The van der Waals surface area contributed by atoms with Crippen LogP contribution in [-0.2, 0) is 4.79 Å². The van der Waals surface area contributed by atoms with E-state index < -0.39 is 0 Å². The molecule has 1 saturated carbocycles. The molecule has 6 heteroatoms. The fourth-order valence-corrected chi connectivity index (χ4v) is 4.08. The van der Waals surface area contributed by atoms with Gasteiger partial charge in [0.05, 0.1) is 15.7 Å². The number of benzene rings is 1. The molecule has 3 rings (SSSR count). The number of nitrogens with zero attached hydrogens (tertiary/aromatic N) is 1. The van der Waals surface area contributed by atoms with Gasteiger partial charge in [0.25, 0.3) is 5.91 Å². The molecule has 1 aromatic carbocycles. The van der Waals surface area contributed by atoms with Crippen molar-refractivity contribution < 1.29 is 9.59 Å². The monoisotopic (exact) mass is 345 g/mol. The topological polar surface area (TPSA) is 85.1 Å². The summed E-state index contributed by atoms with van der Waals surface area (Å²) in [5.74, 6) is 0.696. The minimum atomic E-state index is -0.0204. The molecule has 1 amide bonds. The van der Waals surface area contributed by atoms with E-state index >= 15 is 0 Å². The Kier molecular flexibility index (Phi) is 5.58. The number of hydrogen-bond donors (Lipinski definition) is 2. The molecular formula is C18H23N3O2S. The molecule has 0 saturated heterocycles. The number of ketones is 1. The molecular weight excluding hydrogens is 322 g/mol. The number of Topliss-reactive ketones (excluding diaryl/α,β-unsaturated/α-hetero) is 1. The van der Waals surface area contributed by atoms with Gasteiger partial charge in [0.1, 0.15) is 5.78 Å².